The number of hydrogen-bond acceptors (Lipinski definition) is 6. The van der Waals surface area contributed by atoms with Crippen molar-refractivity contribution in [3.8, 4) is 6.07 Å². The molecular formula is C19H20ClN5O2. The van der Waals surface area contributed by atoms with Crippen molar-refractivity contribution in [2.24, 2.45) is 0 Å². The summed E-state index contributed by atoms with van der Waals surface area (Å²) < 4.78 is 5.32. The number of amides is 1. The van der Waals surface area contributed by atoms with Gasteiger partial charge in [0.15, 0.2) is 5.69 Å². The molecule has 27 heavy (non-hydrogen) atoms. The van der Waals surface area contributed by atoms with Gasteiger partial charge in [0.25, 0.3) is 5.91 Å². The fourth-order valence-corrected chi connectivity index (χ4v) is 3.05. The maximum absolute atomic E-state index is 12.5. The Bertz CT molecular complexity index is 875. The Hall–Kier alpha value is -2.69. The lowest BCUT2D eigenvalue weighted by Crippen LogP contribution is -2.38. The number of aromatic nitrogens is 2. The summed E-state index contributed by atoms with van der Waals surface area (Å²) in [4.78, 5) is 23.0. The van der Waals surface area contributed by atoms with E-state index in [1.807, 2.05) is 24.0 Å². The molecule has 1 amide bonds. The number of morpholine rings is 1. The van der Waals surface area contributed by atoms with Crippen molar-refractivity contribution in [2.45, 2.75) is 13.3 Å². The lowest BCUT2D eigenvalue weighted by Gasteiger charge is -2.26. The van der Waals surface area contributed by atoms with Crippen LogP contribution >= 0.6 is 11.6 Å². The van der Waals surface area contributed by atoms with Gasteiger partial charge in [0.05, 0.1) is 36.1 Å². The Morgan fingerprint density at radius 3 is 2.89 bits per heavy atom. The highest BCUT2D eigenvalue weighted by Crippen LogP contribution is 2.17. The van der Waals surface area contributed by atoms with Crippen LogP contribution in [0.25, 0.3) is 0 Å². The van der Waals surface area contributed by atoms with Gasteiger partial charge in [-0.15, -0.1) is 0 Å². The van der Waals surface area contributed by atoms with Crippen molar-refractivity contribution in [1.29, 1.82) is 5.26 Å². The quantitative estimate of drug-likeness (QED) is 0.847. The van der Waals surface area contributed by atoms with Crippen molar-refractivity contribution in [2.75, 3.05) is 37.7 Å². The SMILES string of the molecule is Cc1cc(C#N)ccc1CCNC(=O)c1nc(N2CCOCC2)ncc1Cl. The van der Waals surface area contributed by atoms with Crippen LogP contribution in [-0.2, 0) is 11.2 Å². The number of aryl methyl sites for hydroxylation is 1. The minimum Gasteiger partial charge on any atom is -0.378 e. The first-order chi connectivity index (χ1) is 13.1. The van der Waals surface area contributed by atoms with E-state index in [0.717, 1.165) is 11.1 Å². The predicted octanol–water partition coefficient (Wildman–Crippen LogP) is 2.12. The molecule has 7 nitrogen and oxygen atoms in total. The molecule has 1 aliphatic rings. The van der Waals surface area contributed by atoms with Gasteiger partial charge < -0.3 is 15.0 Å². The van der Waals surface area contributed by atoms with Crippen LogP contribution < -0.4 is 10.2 Å². The van der Waals surface area contributed by atoms with Crippen molar-refractivity contribution in [1.82, 2.24) is 15.3 Å². The molecule has 0 spiro atoms. The molecule has 0 aliphatic carbocycles. The maximum Gasteiger partial charge on any atom is 0.271 e. The summed E-state index contributed by atoms with van der Waals surface area (Å²) in [6.45, 7) is 4.98. The molecule has 1 aromatic heterocycles. The third kappa shape index (κ3) is 4.73. The van der Waals surface area contributed by atoms with Crippen LogP contribution in [0.15, 0.2) is 24.4 Å². The van der Waals surface area contributed by atoms with Gasteiger partial charge in [0.1, 0.15) is 0 Å². The molecule has 2 heterocycles. The van der Waals surface area contributed by atoms with Crippen LogP contribution in [0.1, 0.15) is 27.2 Å². The fourth-order valence-electron chi connectivity index (χ4n) is 2.87. The normalized spacial score (nSPS) is 13.9. The van der Waals surface area contributed by atoms with E-state index in [9.17, 15) is 4.79 Å². The largest absolute Gasteiger partial charge is 0.378 e. The van der Waals surface area contributed by atoms with Gasteiger partial charge in [-0.25, -0.2) is 9.97 Å². The molecular weight excluding hydrogens is 366 g/mol. The maximum atomic E-state index is 12.5. The van der Waals surface area contributed by atoms with Gasteiger partial charge in [-0.3, -0.25) is 4.79 Å². The third-order valence-electron chi connectivity index (χ3n) is 4.39. The topological polar surface area (TPSA) is 91.1 Å². The van der Waals surface area contributed by atoms with Crippen molar-refractivity contribution >= 4 is 23.5 Å². The molecule has 0 unspecified atom stereocenters. The highest BCUT2D eigenvalue weighted by molar-refractivity contribution is 6.33. The van der Waals surface area contributed by atoms with E-state index < -0.39 is 0 Å². The fraction of sp³-hybridized carbons (Fsp3) is 0.368. The number of anilines is 1. The first kappa shape index (κ1) is 19.1. The first-order valence-corrected chi connectivity index (χ1v) is 9.09. The number of hydrogen-bond donors (Lipinski definition) is 1. The Balaban J connectivity index is 1.63. The number of nitriles is 1. The number of carbonyl (C=O) groups is 1. The number of rotatable bonds is 5. The molecule has 0 saturated carbocycles. The van der Waals surface area contributed by atoms with Crippen LogP contribution in [0.5, 0.6) is 0 Å². The number of nitrogens with one attached hydrogen (secondary N) is 1. The summed E-state index contributed by atoms with van der Waals surface area (Å²) in [7, 11) is 0. The molecule has 3 rings (SSSR count). The summed E-state index contributed by atoms with van der Waals surface area (Å²) in [5.74, 6) is 0.152. The summed E-state index contributed by atoms with van der Waals surface area (Å²) >= 11 is 6.12. The predicted molar refractivity (Wildman–Crippen MR) is 102 cm³/mol. The number of carbonyl (C=O) groups excluding carboxylic acids is 1. The van der Waals surface area contributed by atoms with Crippen molar-refractivity contribution < 1.29 is 9.53 Å². The highest BCUT2D eigenvalue weighted by Gasteiger charge is 2.19. The number of halogens is 1. The standard InChI is InChI=1S/C19H20ClN5O2/c1-13-10-14(11-21)2-3-15(13)4-5-22-18(26)17-16(20)12-23-19(24-17)25-6-8-27-9-7-25/h2-3,10,12H,4-9H2,1H3,(H,22,26). The molecule has 0 bridgehead atoms. The van der Waals surface area contributed by atoms with Crippen LogP contribution in [0.3, 0.4) is 0 Å². The zero-order valence-corrected chi connectivity index (χ0v) is 15.8. The van der Waals surface area contributed by atoms with E-state index in [1.54, 1.807) is 6.07 Å². The van der Waals surface area contributed by atoms with Crippen molar-refractivity contribution in [3.05, 3.63) is 51.8 Å². The van der Waals surface area contributed by atoms with Crippen LogP contribution in [0.2, 0.25) is 5.02 Å². The Morgan fingerprint density at radius 2 is 2.19 bits per heavy atom. The average molecular weight is 386 g/mol. The molecule has 2 aromatic rings. The molecule has 1 aromatic carbocycles. The minimum absolute atomic E-state index is 0.171. The van der Waals surface area contributed by atoms with Gasteiger partial charge in [-0.05, 0) is 36.6 Å². The molecule has 1 aliphatic heterocycles. The summed E-state index contributed by atoms with van der Waals surface area (Å²) in [5.41, 5.74) is 2.91. The number of nitrogens with zero attached hydrogens (tertiary/aromatic N) is 4. The lowest BCUT2D eigenvalue weighted by atomic mass is 10.0. The first-order valence-electron chi connectivity index (χ1n) is 8.71. The van der Waals surface area contributed by atoms with E-state index in [4.69, 9.17) is 21.6 Å². The average Bonchev–Trinajstić information content (AvgIpc) is 2.70. The smallest absolute Gasteiger partial charge is 0.271 e. The molecule has 1 fully saturated rings. The Kier molecular flexibility index (Phi) is 6.22. The third-order valence-corrected chi connectivity index (χ3v) is 4.67. The van der Waals surface area contributed by atoms with E-state index in [1.165, 1.54) is 6.20 Å². The molecule has 0 radical (unpaired) electrons. The second-order valence-electron chi connectivity index (χ2n) is 6.22. The minimum atomic E-state index is -0.330. The molecule has 8 heteroatoms. The van der Waals surface area contributed by atoms with E-state index >= 15 is 0 Å². The van der Waals surface area contributed by atoms with Crippen LogP contribution in [0, 0.1) is 18.3 Å². The Labute approximate surface area is 162 Å². The second kappa shape index (κ2) is 8.80. The molecule has 0 atom stereocenters. The van der Waals surface area contributed by atoms with E-state index in [-0.39, 0.29) is 16.6 Å². The summed E-state index contributed by atoms with van der Waals surface area (Å²) in [6, 6.07) is 7.65. The van der Waals surface area contributed by atoms with E-state index in [2.05, 4.69) is 21.4 Å². The van der Waals surface area contributed by atoms with Crippen LogP contribution in [0.4, 0.5) is 5.95 Å². The zero-order valence-electron chi connectivity index (χ0n) is 15.0. The lowest BCUT2D eigenvalue weighted by molar-refractivity contribution is 0.0949. The van der Waals surface area contributed by atoms with E-state index in [0.29, 0.717) is 50.8 Å². The van der Waals surface area contributed by atoms with Gasteiger partial charge in [-0.1, -0.05) is 17.7 Å². The summed E-state index contributed by atoms with van der Waals surface area (Å²) in [6.07, 6.45) is 2.11. The molecule has 1 N–H and O–H groups in total. The van der Waals surface area contributed by atoms with Crippen LogP contribution in [-0.4, -0.2) is 48.7 Å². The van der Waals surface area contributed by atoms with Gasteiger partial charge in [0, 0.05) is 19.6 Å². The van der Waals surface area contributed by atoms with Gasteiger partial charge >= 0.3 is 0 Å². The molecule has 1 saturated heterocycles. The van der Waals surface area contributed by atoms with Crippen molar-refractivity contribution in [3.63, 3.8) is 0 Å². The second-order valence-corrected chi connectivity index (χ2v) is 6.63. The number of ether oxygens (including phenoxy) is 1. The Morgan fingerprint density at radius 1 is 1.41 bits per heavy atom. The number of benzene rings is 1. The molecule has 140 valence electrons. The monoisotopic (exact) mass is 385 g/mol. The van der Waals surface area contributed by atoms with Gasteiger partial charge in [-0.2, -0.15) is 5.26 Å². The summed E-state index contributed by atoms with van der Waals surface area (Å²) in [5, 5.41) is 12.0. The highest BCUT2D eigenvalue weighted by atomic mass is 35.5. The van der Waals surface area contributed by atoms with Gasteiger partial charge in [0.2, 0.25) is 5.95 Å². The zero-order chi connectivity index (χ0) is 19.2.